The standard InChI is InChI=1S/C7H8N2O4S/c1-9-4-2-3-7(14(11,12)13)6(9)5-8-10/h2-5H,1H3,(H,11,12,13). The van der Waals surface area contributed by atoms with Gasteiger partial charge >= 0.3 is 0 Å². The molecule has 7 heteroatoms. The van der Waals surface area contributed by atoms with Crippen LogP contribution in [0.15, 0.2) is 28.4 Å². The van der Waals surface area contributed by atoms with E-state index < -0.39 is 15.0 Å². The first-order valence-electron chi connectivity index (χ1n) is 3.59. The van der Waals surface area contributed by atoms with Crippen LogP contribution in [0.2, 0.25) is 0 Å². The van der Waals surface area contributed by atoms with Gasteiger partial charge in [-0.2, -0.15) is 4.57 Å². The number of aryl methyl sites for hydroxylation is 1. The Labute approximate surface area is 80.9 Å². The summed E-state index contributed by atoms with van der Waals surface area (Å²) in [5.74, 6) is 0. The summed E-state index contributed by atoms with van der Waals surface area (Å²) in [6.45, 7) is 0. The van der Waals surface area contributed by atoms with Gasteiger partial charge in [0.2, 0.25) is 5.69 Å². The van der Waals surface area contributed by atoms with Crippen LogP contribution in [0.5, 0.6) is 0 Å². The fourth-order valence-electron chi connectivity index (χ4n) is 1.02. The molecule has 0 saturated heterocycles. The largest absolute Gasteiger partial charge is 0.744 e. The van der Waals surface area contributed by atoms with Crippen molar-refractivity contribution in [3.8, 4) is 0 Å². The highest BCUT2D eigenvalue weighted by atomic mass is 32.2. The molecule has 1 N–H and O–H groups in total. The summed E-state index contributed by atoms with van der Waals surface area (Å²) in [7, 11) is -3.02. The number of hydrogen-bond acceptors (Lipinski definition) is 5. The predicted molar refractivity (Wildman–Crippen MR) is 45.0 cm³/mol. The molecule has 0 aromatic carbocycles. The maximum Gasteiger partial charge on any atom is 0.244 e. The molecule has 0 radical (unpaired) electrons. The molecular formula is C7H8N2O4S. The van der Waals surface area contributed by atoms with Gasteiger partial charge in [0.25, 0.3) is 0 Å². The molecule has 0 aliphatic heterocycles. The summed E-state index contributed by atoms with van der Waals surface area (Å²) in [5, 5.41) is 11.0. The van der Waals surface area contributed by atoms with E-state index in [0.29, 0.717) is 0 Å². The summed E-state index contributed by atoms with van der Waals surface area (Å²) in [5.41, 5.74) is 0.0324. The van der Waals surface area contributed by atoms with Crippen LogP contribution in [-0.4, -0.2) is 24.4 Å². The summed E-state index contributed by atoms with van der Waals surface area (Å²) in [6, 6.07) is 2.57. The van der Waals surface area contributed by atoms with Crippen LogP contribution >= 0.6 is 0 Å². The lowest BCUT2D eigenvalue weighted by Crippen LogP contribution is -2.35. The minimum atomic E-state index is -4.55. The number of pyridine rings is 1. The lowest BCUT2D eigenvalue weighted by atomic mass is 10.3. The Balaban J connectivity index is 3.52. The van der Waals surface area contributed by atoms with Crippen molar-refractivity contribution in [3.05, 3.63) is 24.0 Å². The fraction of sp³-hybridized carbons (Fsp3) is 0.143. The fourth-order valence-corrected chi connectivity index (χ4v) is 1.72. The van der Waals surface area contributed by atoms with Crippen LogP contribution in [-0.2, 0) is 17.2 Å². The Hall–Kier alpha value is -1.47. The summed E-state index contributed by atoms with van der Waals surface area (Å²) in [6.07, 6.45) is 2.43. The first-order valence-corrected chi connectivity index (χ1v) is 4.99. The van der Waals surface area contributed by atoms with E-state index in [2.05, 4.69) is 5.16 Å². The molecule has 1 aromatic rings. The first-order chi connectivity index (χ1) is 6.46. The molecule has 0 bridgehead atoms. The van der Waals surface area contributed by atoms with E-state index in [1.807, 2.05) is 0 Å². The van der Waals surface area contributed by atoms with Gasteiger partial charge in [-0.1, -0.05) is 5.16 Å². The zero-order valence-corrected chi connectivity index (χ0v) is 8.10. The second-order valence-electron chi connectivity index (χ2n) is 2.57. The predicted octanol–water partition coefficient (Wildman–Crippen LogP) is -0.777. The van der Waals surface area contributed by atoms with Crippen molar-refractivity contribution in [2.24, 2.45) is 12.2 Å². The van der Waals surface area contributed by atoms with Gasteiger partial charge in [-0.05, 0) is 6.07 Å². The van der Waals surface area contributed by atoms with E-state index in [0.717, 1.165) is 12.3 Å². The average Bonchev–Trinajstić information content (AvgIpc) is 2.07. The molecule has 1 heterocycles. The molecule has 0 fully saturated rings. The number of aromatic nitrogens is 1. The third-order valence-corrected chi connectivity index (χ3v) is 2.52. The second-order valence-corrected chi connectivity index (χ2v) is 3.92. The Bertz CT molecular complexity index is 467. The molecule has 0 unspecified atom stereocenters. The van der Waals surface area contributed by atoms with Crippen LogP contribution in [0.25, 0.3) is 0 Å². The highest BCUT2D eigenvalue weighted by Crippen LogP contribution is 2.08. The van der Waals surface area contributed by atoms with Crippen molar-refractivity contribution < 1.29 is 22.7 Å². The maximum atomic E-state index is 10.8. The van der Waals surface area contributed by atoms with Crippen molar-refractivity contribution >= 4 is 16.3 Å². The molecule has 0 amide bonds. The van der Waals surface area contributed by atoms with Crippen molar-refractivity contribution in [2.75, 3.05) is 0 Å². The second kappa shape index (κ2) is 3.72. The van der Waals surface area contributed by atoms with E-state index in [-0.39, 0.29) is 5.69 Å². The average molecular weight is 216 g/mol. The van der Waals surface area contributed by atoms with Crippen LogP contribution < -0.4 is 4.57 Å². The lowest BCUT2D eigenvalue weighted by Gasteiger charge is -2.06. The van der Waals surface area contributed by atoms with Crippen LogP contribution in [0.4, 0.5) is 0 Å². The lowest BCUT2D eigenvalue weighted by molar-refractivity contribution is -0.674. The van der Waals surface area contributed by atoms with Crippen LogP contribution in [0, 0.1) is 0 Å². The van der Waals surface area contributed by atoms with Gasteiger partial charge < -0.3 is 9.76 Å². The highest BCUT2D eigenvalue weighted by Gasteiger charge is 2.15. The van der Waals surface area contributed by atoms with Crippen molar-refractivity contribution in [3.63, 3.8) is 0 Å². The number of nitrogens with zero attached hydrogens (tertiary/aromatic N) is 2. The van der Waals surface area contributed by atoms with Gasteiger partial charge in [0.15, 0.2) is 6.20 Å². The van der Waals surface area contributed by atoms with Gasteiger partial charge in [-0.3, -0.25) is 0 Å². The SMILES string of the molecule is C[n+]1cccc(S(=O)(=O)[O-])c1/C=N/O. The van der Waals surface area contributed by atoms with Gasteiger partial charge in [0.05, 0.1) is 0 Å². The van der Waals surface area contributed by atoms with Crippen LogP contribution in [0.3, 0.4) is 0 Å². The van der Waals surface area contributed by atoms with E-state index in [1.54, 1.807) is 0 Å². The minimum absolute atomic E-state index is 0.0324. The van der Waals surface area contributed by atoms with Gasteiger partial charge in [-0.25, -0.2) is 8.42 Å². The Kier molecular flexibility index (Phi) is 2.82. The number of oxime groups is 1. The molecular weight excluding hydrogens is 208 g/mol. The van der Waals surface area contributed by atoms with Crippen molar-refractivity contribution in [1.29, 1.82) is 0 Å². The van der Waals surface area contributed by atoms with E-state index >= 15 is 0 Å². The molecule has 76 valence electrons. The Morgan fingerprint density at radius 3 is 2.79 bits per heavy atom. The quantitative estimate of drug-likeness (QED) is 0.231. The number of hydrogen-bond donors (Lipinski definition) is 1. The molecule has 1 aromatic heterocycles. The third kappa shape index (κ3) is 2.06. The summed E-state index contributed by atoms with van der Waals surface area (Å²) >= 11 is 0. The molecule has 0 aliphatic rings. The molecule has 0 aliphatic carbocycles. The minimum Gasteiger partial charge on any atom is -0.744 e. The van der Waals surface area contributed by atoms with E-state index in [9.17, 15) is 13.0 Å². The monoisotopic (exact) mass is 216 g/mol. The first kappa shape index (κ1) is 10.6. The van der Waals surface area contributed by atoms with E-state index in [4.69, 9.17) is 5.21 Å². The smallest absolute Gasteiger partial charge is 0.244 e. The Morgan fingerprint density at radius 1 is 1.64 bits per heavy atom. The topological polar surface area (TPSA) is 93.7 Å². The zero-order chi connectivity index (χ0) is 10.8. The summed E-state index contributed by atoms with van der Waals surface area (Å²) in [4.78, 5) is -0.416. The molecule has 6 nitrogen and oxygen atoms in total. The third-order valence-electron chi connectivity index (χ3n) is 1.64. The van der Waals surface area contributed by atoms with Crippen molar-refractivity contribution in [2.45, 2.75) is 4.90 Å². The maximum absolute atomic E-state index is 10.8. The van der Waals surface area contributed by atoms with E-state index in [1.165, 1.54) is 23.9 Å². The zero-order valence-electron chi connectivity index (χ0n) is 7.28. The van der Waals surface area contributed by atoms with Gasteiger partial charge in [-0.15, -0.1) is 0 Å². The molecule has 0 saturated carbocycles. The van der Waals surface area contributed by atoms with Gasteiger partial charge in [0.1, 0.15) is 28.3 Å². The van der Waals surface area contributed by atoms with Gasteiger partial charge in [0, 0.05) is 6.07 Å². The molecule has 0 atom stereocenters. The normalized spacial score (nSPS) is 12.1. The van der Waals surface area contributed by atoms with Crippen LogP contribution in [0.1, 0.15) is 5.69 Å². The molecule has 1 rings (SSSR count). The Morgan fingerprint density at radius 2 is 2.29 bits per heavy atom. The molecule has 0 spiro atoms. The highest BCUT2D eigenvalue weighted by molar-refractivity contribution is 7.85. The molecule has 14 heavy (non-hydrogen) atoms. The summed E-state index contributed by atoms with van der Waals surface area (Å²) < 4.78 is 33.7. The number of rotatable bonds is 2. The van der Waals surface area contributed by atoms with Crippen molar-refractivity contribution in [1.82, 2.24) is 0 Å².